The number of nitrogens with one attached hydrogen (secondary N) is 1. The highest BCUT2D eigenvalue weighted by Crippen LogP contribution is 2.38. The predicted octanol–water partition coefficient (Wildman–Crippen LogP) is -1.18. The van der Waals surface area contributed by atoms with Gasteiger partial charge in [0.1, 0.15) is 0 Å². The smallest absolute Gasteiger partial charge is 0.239 e. The summed E-state index contributed by atoms with van der Waals surface area (Å²) in [5, 5.41) is 2.86. The molecule has 0 aromatic heterocycles. The maximum Gasteiger partial charge on any atom is 0.239 e. The molecular weight excluding hydrogens is 292 g/mol. The number of amides is 3. The average molecular weight is 316 g/mol. The Kier molecular flexibility index (Phi) is 6.03. The summed E-state index contributed by atoms with van der Waals surface area (Å²) in [6.07, 6.45) is 2.62. The lowest BCUT2D eigenvalue weighted by Crippen LogP contribution is -2.51. The molecule has 2 aliphatic heterocycles. The molecule has 1 spiro atoms. The molecule has 2 saturated heterocycles. The quantitative estimate of drug-likeness (QED) is 0.605. The number of piperidine rings is 1. The van der Waals surface area contributed by atoms with Crippen LogP contribution < -0.4 is 16.8 Å². The van der Waals surface area contributed by atoms with Crippen molar-refractivity contribution < 1.29 is 14.4 Å². The minimum Gasteiger partial charge on any atom is -0.370 e. The maximum atomic E-state index is 12.1. The standard InChI is InChI=1S/C13H22N4O3.H2S/c14-9(1-2-10(15)18)11(19)17-7-4-13(5-8-17)3-6-16-12(13)20;/h9H,1-8,14H2,(H2,15,18)(H,16,20);1H2/t9-;/m0./s1. The van der Waals surface area contributed by atoms with E-state index in [1.807, 2.05) is 0 Å². The first-order valence-corrected chi connectivity index (χ1v) is 7.06. The lowest BCUT2D eigenvalue weighted by molar-refractivity contribution is -0.139. The molecule has 0 saturated carbocycles. The lowest BCUT2D eigenvalue weighted by Gasteiger charge is -2.38. The van der Waals surface area contributed by atoms with Gasteiger partial charge in [-0.1, -0.05) is 0 Å². The fraction of sp³-hybridized carbons (Fsp3) is 0.769. The molecule has 0 aromatic carbocycles. The van der Waals surface area contributed by atoms with Crippen molar-refractivity contribution in [2.45, 2.75) is 38.1 Å². The Morgan fingerprint density at radius 3 is 2.38 bits per heavy atom. The third-order valence-electron chi connectivity index (χ3n) is 4.42. The molecule has 0 radical (unpaired) electrons. The van der Waals surface area contributed by atoms with Crippen LogP contribution in [0, 0.1) is 5.41 Å². The second kappa shape index (κ2) is 7.13. The number of hydrogen-bond acceptors (Lipinski definition) is 4. The highest BCUT2D eigenvalue weighted by Gasteiger charge is 2.45. The van der Waals surface area contributed by atoms with Crippen molar-refractivity contribution in [3.8, 4) is 0 Å². The zero-order chi connectivity index (χ0) is 14.8. The number of rotatable bonds is 4. The lowest BCUT2D eigenvalue weighted by atomic mass is 9.77. The van der Waals surface area contributed by atoms with Gasteiger partial charge in [0.05, 0.1) is 11.5 Å². The van der Waals surface area contributed by atoms with Crippen LogP contribution in [-0.2, 0) is 14.4 Å². The van der Waals surface area contributed by atoms with Crippen molar-refractivity contribution in [3.63, 3.8) is 0 Å². The Morgan fingerprint density at radius 1 is 1.29 bits per heavy atom. The van der Waals surface area contributed by atoms with Gasteiger partial charge in [0.15, 0.2) is 0 Å². The summed E-state index contributed by atoms with van der Waals surface area (Å²) in [4.78, 5) is 36.4. The van der Waals surface area contributed by atoms with Crippen molar-refractivity contribution in [2.75, 3.05) is 19.6 Å². The maximum absolute atomic E-state index is 12.1. The zero-order valence-electron chi connectivity index (χ0n) is 12.1. The van der Waals surface area contributed by atoms with Crippen LogP contribution in [-0.4, -0.2) is 48.3 Å². The molecule has 0 aromatic rings. The van der Waals surface area contributed by atoms with Crippen molar-refractivity contribution in [1.82, 2.24) is 10.2 Å². The van der Waals surface area contributed by atoms with E-state index in [-0.39, 0.29) is 43.6 Å². The molecule has 2 heterocycles. The Bertz CT molecular complexity index is 422. The van der Waals surface area contributed by atoms with Crippen LogP contribution in [0.3, 0.4) is 0 Å². The molecule has 0 unspecified atom stereocenters. The summed E-state index contributed by atoms with van der Waals surface area (Å²) in [6, 6.07) is -0.686. The van der Waals surface area contributed by atoms with Gasteiger partial charge in [-0.05, 0) is 25.7 Å². The van der Waals surface area contributed by atoms with E-state index in [2.05, 4.69) is 5.32 Å². The number of nitrogens with zero attached hydrogens (tertiary/aromatic N) is 1. The molecule has 8 heteroatoms. The van der Waals surface area contributed by atoms with E-state index in [4.69, 9.17) is 11.5 Å². The van der Waals surface area contributed by atoms with Crippen molar-refractivity contribution in [1.29, 1.82) is 0 Å². The van der Waals surface area contributed by atoms with Crippen LogP contribution in [0.15, 0.2) is 0 Å². The van der Waals surface area contributed by atoms with E-state index >= 15 is 0 Å². The molecular formula is C13H24N4O3S. The van der Waals surface area contributed by atoms with Gasteiger partial charge in [0.25, 0.3) is 0 Å². The molecule has 120 valence electrons. The topological polar surface area (TPSA) is 119 Å². The van der Waals surface area contributed by atoms with Gasteiger partial charge in [-0.15, -0.1) is 0 Å². The molecule has 0 bridgehead atoms. The molecule has 0 aliphatic carbocycles. The number of carbonyl (C=O) groups is 3. The van der Waals surface area contributed by atoms with Crippen LogP contribution in [0.25, 0.3) is 0 Å². The van der Waals surface area contributed by atoms with Crippen LogP contribution in [0.4, 0.5) is 0 Å². The highest BCUT2D eigenvalue weighted by atomic mass is 32.1. The van der Waals surface area contributed by atoms with Crippen molar-refractivity contribution in [3.05, 3.63) is 0 Å². The Balaban J connectivity index is 0.00000220. The fourth-order valence-electron chi connectivity index (χ4n) is 3.00. The summed E-state index contributed by atoms with van der Waals surface area (Å²) < 4.78 is 0. The predicted molar refractivity (Wildman–Crippen MR) is 82.7 cm³/mol. The van der Waals surface area contributed by atoms with E-state index in [1.54, 1.807) is 4.90 Å². The number of nitrogens with two attached hydrogens (primary N) is 2. The van der Waals surface area contributed by atoms with Crippen molar-refractivity contribution >= 4 is 31.2 Å². The summed E-state index contributed by atoms with van der Waals surface area (Å²) in [7, 11) is 0. The van der Waals surface area contributed by atoms with E-state index in [0.29, 0.717) is 25.9 Å². The fourth-order valence-corrected chi connectivity index (χ4v) is 3.00. The molecule has 7 nitrogen and oxygen atoms in total. The summed E-state index contributed by atoms with van der Waals surface area (Å²) in [5.74, 6) is -0.490. The van der Waals surface area contributed by atoms with Gasteiger partial charge in [-0.3, -0.25) is 14.4 Å². The summed E-state index contributed by atoms with van der Waals surface area (Å²) >= 11 is 0. The average Bonchev–Trinajstić information content (AvgIpc) is 2.77. The van der Waals surface area contributed by atoms with E-state index in [9.17, 15) is 14.4 Å². The number of likely N-dealkylation sites (tertiary alicyclic amines) is 1. The Morgan fingerprint density at radius 2 is 1.90 bits per heavy atom. The second-order valence-electron chi connectivity index (χ2n) is 5.72. The first-order valence-electron chi connectivity index (χ1n) is 7.06. The molecule has 1 atom stereocenters. The third kappa shape index (κ3) is 3.88. The molecule has 3 amide bonds. The first kappa shape index (κ1) is 17.8. The molecule has 2 aliphatic rings. The first-order chi connectivity index (χ1) is 9.44. The van der Waals surface area contributed by atoms with Gasteiger partial charge in [0, 0.05) is 26.1 Å². The van der Waals surface area contributed by atoms with Gasteiger partial charge >= 0.3 is 0 Å². The van der Waals surface area contributed by atoms with Gasteiger partial charge in [-0.2, -0.15) is 13.5 Å². The van der Waals surface area contributed by atoms with Gasteiger partial charge in [0.2, 0.25) is 17.7 Å². The number of hydrogen-bond donors (Lipinski definition) is 3. The van der Waals surface area contributed by atoms with E-state index in [1.165, 1.54) is 0 Å². The normalized spacial score (nSPS) is 21.6. The summed E-state index contributed by atoms with van der Waals surface area (Å²) in [6.45, 7) is 1.83. The minimum absolute atomic E-state index is 0. The van der Waals surface area contributed by atoms with Crippen LogP contribution in [0.5, 0.6) is 0 Å². The van der Waals surface area contributed by atoms with Crippen LogP contribution in [0.1, 0.15) is 32.1 Å². The third-order valence-corrected chi connectivity index (χ3v) is 4.42. The Hall–Kier alpha value is -1.28. The Labute approximate surface area is 131 Å². The molecule has 5 N–H and O–H groups in total. The van der Waals surface area contributed by atoms with Gasteiger partial charge in [-0.25, -0.2) is 0 Å². The number of carbonyl (C=O) groups excluding carboxylic acids is 3. The zero-order valence-corrected chi connectivity index (χ0v) is 13.1. The van der Waals surface area contributed by atoms with Gasteiger partial charge < -0.3 is 21.7 Å². The second-order valence-corrected chi connectivity index (χ2v) is 5.72. The van der Waals surface area contributed by atoms with Crippen molar-refractivity contribution in [2.24, 2.45) is 16.9 Å². The van der Waals surface area contributed by atoms with E-state index in [0.717, 1.165) is 13.0 Å². The SMILES string of the molecule is NC(=O)CC[C@H](N)C(=O)N1CCC2(CCNC2=O)CC1.S. The molecule has 2 fully saturated rings. The largest absolute Gasteiger partial charge is 0.370 e. The monoisotopic (exact) mass is 316 g/mol. The van der Waals surface area contributed by atoms with E-state index < -0.39 is 11.9 Å². The minimum atomic E-state index is -0.686. The van der Waals surface area contributed by atoms with Crippen LogP contribution >= 0.6 is 13.5 Å². The summed E-state index contributed by atoms with van der Waals surface area (Å²) in [5.41, 5.74) is 10.6. The molecule has 21 heavy (non-hydrogen) atoms. The van der Waals surface area contributed by atoms with Crippen LogP contribution in [0.2, 0.25) is 0 Å². The number of primary amides is 1. The highest BCUT2D eigenvalue weighted by molar-refractivity contribution is 7.59. The molecule has 2 rings (SSSR count).